The van der Waals surface area contributed by atoms with Gasteiger partial charge in [0.2, 0.25) is 0 Å². The lowest BCUT2D eigenvalue weighted by atomic mass is 9.90. The standard InChI is InChI=1S/C16H15BrFN3/c1-16(13-9-11(17)7-8-14(13)18)10-20-15(19)21(16)12-5-3-2-4-6-12/h2-9H,10H2,1H3,(H2,19,20). The Labute approximate surface area is 131 Å². The maximum atomic E-state index is 14.3. The molecule has 2 aromatic rings. The molecule has 0 bridgehead atoms. The first-order chi connectivity index (χ1) is 10.0. The molecule has 0 saturated carbocycles. The summed E-state index contributed by atoms with van der Waals surface area (Å²) in [7, 11) is 0. The first-order valence-corrected chi connectivity index (χ1v) is 7.42. The summed E-state index contributed by atoms with van der Waals surface area (Å²) in [5.74, 6) is 0.148. The SMILES string of the molecule is CC1(c2cc(Br)ccc2F)CN=C(N)N1c1ccccc1. The molecule has 0 saturated heterocycles. The van der Waals surface area contributed by atoms with Gasteiger partial charge in [0, 0.05) is 15.7 Å². The van der Waals surface area contributed by atoms with Crippen molar-refractivity contribution in [3.05, 3.63) is 64.4 Å². The molecule has 1 heterocycles. The Morgan fingerprint density at radius 2 is 1.95 bits per heavy atom. The summed E-state index contributed by atoms with van der Waals surface area (Å²) in [5.41, 5.74) is 6.89. The fourth-order valence-electron chi connectivity index (χ4n) is 2.74. The molecular formula is C16H15BrFN3. The van der Waals surface area contributed by atoms with E-state index in [1.165, 1.54) is 6.07 Å². The highest BCUT2D eigenvalue weighted by Crippen LogP contribution is 2.38. The van der Waals surface area contributed by atoms with Gasteiger partial charge in [-0.2, -0.15) is 0 Å². The predicted molar refractivity (Wildman–Crippen MR) is 86.9 cm³/mol. The molecular weight excluding hydrogens is 333 g/mol. The zero-order chi connectivity index (χ0) is 15.0. The summed E-state index contributed by atoms with van der Waals surface area (Å²) in [4.78, 5) is 6.22. The fraction of sp³-hybridized carbons (Fsp3) is 0.188. The number of hydrogen-bond acceptors (Lipinski definition) is 3. The first kappa shape index (κ1) is 14.1. The minimum atomic E-state index is -0.640. The molecule has 0 aromatic heterocycles. The van der Waals surface area contributed by atoms with Crippen LogP contribution in [0.25, 0.3) is 0 Å². The third-order valence-corrected chi connectivity index (χ3v) is 4.29. The number of nitrogens with zero attached hydrogens (tertiary/aromatic N) is 2. The van der Waals surface area contributed by atoms with Crippen LogP contribution < -0.4 is 10.6 Å². The number of halogens is 2. The summed E-state index contributed by atoms with van der Waals surface area (Å²) < 4.78 is 15.2. The Kier molecular flexibility index (Phi) is 3.45. The van der Waals surface area contributed by atoms with Crippen molar-refractivity contribution in [3.8, 4) is 0 Å². The average molecular weight is 348 g/mol. The lowest BCUT2D eigenvalue weighted by Crippen LogP contribution is -2.48. The van der Waals surface area contributed by atoms with Crippen LogP contribution in [0, 0.1) is 5.82 Å². The topological polar surface area (TPSA) is 41.6 Å². The molecule has 0 amide bonds. The molecule has 3 nitrogen and oxygen atoms in total. The van der Waals surface area contributed by atoms with Crippen molar-refractivity contribution in [1.29, 1.82) is 0 Å². The Morgan fingerprint density at radius 3 is 2.67 bits per heavy atom. The Morgan fingerprint density at radius 1 is 1.24 bits per heavy atom. The van der Waals surface area contributed by atoms with E-state index in [0.717, 1.165) is 10.2 Å². The number of aliphatic imine (C=N–C) groups is 1. The number of benzene rings is 2. The third-order valence-electron chi connectivity index (χ3n) is 3.79. The quantitative estimate of drug-likeness (QED) is 0.900. The molecule has 5 heteroatoms. The highest BCUT2D eigenvalue weighted by Gasteiger charge is 2.42. The monoisotopic (exact) mass is 347 g/mol. The number of anilines is 1. The molecule has 21 heavy (non-hydrogen) atoms. The van der Waals surface area contributed by atoms with Gasteiger partial charge in [0.1, 0.15) is 5.82 Å². The van der Waals surface area contributed by atoms with Crippen LogP contribution in [0.2, 0.25) is 0 Å². The van der Waals surface area contributed by atoms with Crippen molar-refractivity contribution < 1.29 is 4.39 Å². The maximum Gasteiger partial charge on any atom is 0.196 e. The van der Waals surface area contributed by atoms with E-state index in [1.54, 1.807) is 12.1 Å². The lowest BCUT2D eigenvalue weighted by Gasteiger charge is -2.37. The summed E-state index contributed by atoms with van der Waals surface area (Å²) in [6.07, 6.45) is 0. The van der Waals surface area contributed by atoms with Crippen LogP contribution in [-0.4, -0.2) is 12.5 Å². The molecule has 0 aliphatic carbocycles. The zero-order valence-corrected chi connectivity index (χ0v) is 13.1. The first-order valence-electron chi connectivity index (χ1n) is 6.63. The normalized spacial score (nSPS) is 21.5. The van der Waals surface area contributed by atoms with Crippen molar-refractivity contribution in [2.75, 3.05) is 11.4 Å². The van der Waals surface area contributed by atoms with Gasteiger partial charge in [-0.1, -0.05) is 34.1 Å². The van der Waals surface area contributed by atoms with E-state index < -0.39 is 5.54 Å². The summed E-state index contributed by atoms with van der Waals surface area (Å²) in [5, 5.41) is 0. The van der Waals surface area contributed by atoms with E-state index in [4.69, 9.17) is 5.73 Å². The van der Waals surface area contributed by atoms with E-state index in [2.05, 4.69) is 20.9 Å². The van der Waals surface area contributed by atoms with Gasteiger partial charge in [0.15, 0.2) is 5.96 Å². The van der Waals surface area contributed by atoms with E-state index in [0.29, 0.717) is 18.1 Å². The van der Waals surface area contributed by atoms with Gasteiger partial charge in [-0.15, -0.1) is 0 Å². The maximum absolute atomic E-state index is 14.3. The average Bonchev–Trinajstić information content (AvgIpc) is 2.79. The number of rotatable bonds is 2. The van der Waals surface area contributed by atoms with Crippen molar-refractivity contribution in [2.24, 2.45) is 10.7 Å². The number of guanidine groups is 1. The molecule has 1 unspecified atom stereocenters. The molecule has 1 aliphatic heterocycles. The molecule has 0 spiro atoms. The van der Waals surface area contributed by atoms with Gasteiger partial charge >= 0.3 is 0 Å². The van der Waals surface area contributed by atoms with E-state index in [9.17, 15) is 4.39 Å². The molecule has 3 rings (SSSR count). The van der Waals surface area contributed by atoms with Crippen LogP contribution in [0.5, 0.6) is 0 Å². The van der Waals surface area contributed by atoms with Crippen LogP contribution in [0.1, 0.15) is 12.5 Å². The van der Waals surface area contributed by atoms with Crippen LogP contribution in [0.15, 0.2) is 58.0 Å². The molecule has 0 fully saturated rings. The number of hydrogen-bond donors (Lipinski definition) is 1. The van der Waals surface area contributed by atoms with E-state index >= 15 is 0 Å². The molecule has 1 atom stereocenters. The summed E-state index contributed by atoms with van der Waals surface area (Å²) >= 11 is 3.41. The second kappa shape index (κ2) is 5.15. The summed E-state index contributed by atoms with van der Waals surface area (Å²) in [6, 6.07) is 14.6. The van der Waals surface area contributed by atoms with E-state index in [1.807, 2.05) is 42.2 Å². The molecule has 108 valence electrons. The number of nitrogens with two attached hydrogens (primary N) is 1. The van der Waals surface area contributed by atoms with Gasteiger partial charge in [0.25, 0.3) is 0 Å². The second-order valence-corrected chi connectivity index (χ2v) is 6.16. The smallest absolute Gasteiger partial charge is 0.196 e. The predicted octanol–water partition coefficient (Wildman–Crippen LogP) is 3.64. The Balaban J connectivity index is 2.14. The minimum Gasteiger partial charge on any atom is -0.369 e. The molecule has 0 radical (unpaired) electrons. The van der Waals surface area contributed by atoms with Crippen molar-refractivity contribution >= 4 is 27.6 Å². The van der Waals surface area contributed by atoms with Crippen LogP contribution in [-0.2, 0) is 5.54 Å². The molecule has 2 aromatic carbocycles. The van der Waals surface area contributed by atoms with Gasteiger partial charge in [-0.25, -0.2) is 4.39 Å². The van der Waals surface area contributed by atoms with Crippen LogP contribution in [0.4, 0.5) is 10.1 Å². The van der Waals surface area contributed by atoms with Gasteiger partial charge in [-0.3, -0.25) is 4.99 Å². The Bertz CT molecular complexity index is 702. The zero-order valence-electron chi connectivity index (χ0n) is 11.6. The number of para-hydroxylation sites is 1. The second-order valence-electron chi connectivity index (χ2n) is 5.24. The van der Waals surface area contributed by atoms with Crippen molar-refractivity contribution in [1.82, 2.24) is 0 Å². The van der Waals surface area contributed by atoms with Gasteiger partial charge < -0.3 is 10.6 Å². The molecule has 2 N–H and O–H groups in total. The van der Waals surface area contributed by atoms with Crippen LogP contribution >= 0.6 is 15.9 Å². The largest absolute Gasteiger partial charge is 0.369 e. The third kappa shape index (κ3) is 2.31. The highest BCUT2D eigenvalue weighted by molar-refractivity contribution is 9.10. The van der Waals surface area contributed by atoms with E-state index in [-0.39, 0.29) is 5.82 Å². The lowest BCUT2D eigenvalue weighted by molar-refractivity contribution is 0.488. The summed E-state index contributed by atoms with van der Waals surface area (Å²) in [6.45, 7) is 2.37. The van der Waals surface area contributed by atoms with Crippen molar-refractivity contribution in [3.63, 3.8) is 0 Å². The van der Waals surface area contributed by atoms with Crippen LogP contribution in [0.3, 0.4) is 0 Å². The Hall–Kier alpha value is -1.88. The van der Waals surface area contributed by atoms with Gasteiger partial charge in [-0.05, 0) is 37.3 Å². The highest BCUT2D eigenvalue weighted by atomic mass is 79.9. The molecule has 1 aliphatic rings. The fourth-order valence-corrected chi connectivity index (χ4v) is 3.10. The minimum absolute atomic E-state index is 0.258. The van der Waals surface area contributed by atoms with Gasteiger partial charge in [0.05, 0.1) is 12.1 Å². The van der Waals surface area contributed by atoms with Crippen molar-refractivity contribution in [2.45, 2.75) is 12.5 Å².